The molecule has 2 aromatic carbocycles. The second kappa shape index (κ2) is 9.34. The van der Waals surface area contributed by atoms with E-state index in [0.29, 0.717) is 27.9 Å². The maximum atomic E-state index is 11.5. The van der Waals surface area contributed by atoms with Crippen molar-refractivity contribution < 1.29 is 17.0 Å². The van der Waals surface area contributed by atoms with Crippen molar-refractivity contribution in [2.75, 3.05) is 5.32 Å². The fraction of sp³-hybridized carbons (Fsp3) is 0.200. The van der Waals surface area contributed by atoms with Crippen LogP contribution in [0.4, 0.5) is 5.69 Å². The largest absolute Gasteiger partial charge is 0.418 e. The highest BCUT2D eigenvalue weighted by Gasteiger charge is 2.30. The Labute approximate surface area is 189 Å². The van der Waals surface area contributed by atoms with Gasteiger partial charge in [-0.05, 0) is 55.8 Å². The minimum absolute atomic E-state index is 0.0281. The number of nitrogens with zero attached hydrogens (tertiary/aromatic N) is 4. The molecule has 0 unspecified atom stereocenters. The van der Waals surface area contributed by atoms with Gasteiger partial charge in [0.15, 0.2) is 0 Å². The second-order valence-electron chi connectivity index (χ2n) is 6.76. The number of anilines is 1. The number of rotatable bonds is 7. The topological polar surface area (TPSA) is 168 Å². The highest BCUT2D eigenvalue weighted by atomic mass is 35.5. The number of hydrogen-bond donors (Lipinski definition) is 2. The van der Waals surface area contributed by atoms with Crippen molar-refractivity contribution in [1.29, 1.82) is 10.5 Å². The molecule has 0 radical (unpaired) electrons. The molecule has 0 aliphatic carbocycles. The van der Waals surface area contributed by atoms with Crippen LogP contribution >= 0.6 is 11.6 Å². The minimum Gasteiger partial charge on any atom is -0.418 e. The molecule has 0 fully saturated rings. The zero-order chi connectivity index (χ0) is 23.5. The molecule has 0 bridgehead atoms. The van der Waals surface area contributed by atoms with Crippen molar-refractivity contribution in [2.24, 2.45) is 5.14 Å². The summed E-state index contributed by atoms with van der Waals surface area (Å²) in [5.41, 5.74) is 2.39. The Morgan fingerprint density at radius 1 is 1.16 bits per heavy atom. The lowest BCUT2D eigenvalue weighted by atomic mass is 10.1. The molecule has 164 valence electrons. The van der Waals surface area contributed by atoms with Gasteiger partial charge in [0, 0.05) is 11.3 Å². The van der Waals surface area contributed by atoms with E-state index >= 15 is 0 Å². The first-order valence-corrected chi connectivity index (χ1v) is 11.0. The first-order valence-electron chi connectivity index (χ1n) is 9.13. The lowest BCUT2D eigenvalue weighted by Crippen LogP contribution is -2.31. The molecule has 12 heteroatoms. The zero-order valence-electron chi connectivity index (χ0n) is 16.9. The molecule has 3 aromatic rings. The van der Waals surface area contributed by atoms with Crippen molar-refractivity contribution in [2.45, 2.75) is 26.0 Å². The molecular formula is C20H17ClN6O4S. The Balaban J connectivity index is 1.99. The summed E-state index contributed by atoms with van der Waals surface area (Å²) >= 11 is 6.24. The van der Waals surface area contributed by atoms with E-state index in [0.717, 1.165) is 0 Å². The average Bonchev–Trinajstić information content (AvgIpc) is 3.23. The molecule has 0 aliphatic rings. The van der Waals surface area contributed by atoms with Gasteiger partial charge in [-0.3, -0.25) is 4.18 Å². The van der Waals surface area contributed by atoms with E-state index < -0.39 is 22.4 Å². The predicted octanol–water partition coefficient (Wildman–Crippen LogP) is 3.20. The quantitative estimate of drug-likeness (QED) is 0.524. The van der Waals surface area contributed by atoms with Gasteiger partial charge < -0.3 is 9.73 Å². The van der Waals surface area contributed by atoms with Gasteiger partial charge in [0.25, 0.3) is 0 Å². The number of benzene rings is 2. The van der Waals surface area contributed by atoms with E-state index in [9.17, 15) is 8.42 Å². The maximum Gasteiger partial charge on any atom is 0.333 e. The Bertz CT molecular complexity index is 1330. The molecule has 3 N–H and O–H groups in total. The number of hydrogen-bond acceptors (Lipinski definition) is 9. The van der Waals surface area contributed by atoms with E-state index in [1.54, 1.807) is 37.3 Å². The Morgan fingerprint density at radius 2 is 1.84 bits per heavy atom. The standard InChI is InChI=1S/C20H17ClN6O4S/c1-11-16(8-7-15(10-23)17(11)21)25-18(12(2)31-32(24,28)29)20-27-26-19(30-20)14-5-3-13(9-22)4-6-14/h3-8,12,18,25H,1-2H3,(H2,24,28,29)/t12-,18+/m0/s1. The number of aromatic nitrogens is 2. The number of nitrogens with one attached hydrogen (secondary N) is 1. The van der Waals surface area contributed by atoms with Crippen LogP contribution in [0.2, 0.25) is 5.02 Å². The van der Waals surface area contributed by atoms with Gasteiger partial charge >= 0.3 is 10.3 Å². The van der Waals surface area contributed by atoms with Crippen LogP contribution in [-0.4, -0.2) is 24.7 Å². The third-order valence-corrected chi connectivity index (χ3v) is 5.60. The fourth-order valence-electron chi connectivity index (χ4n) is 2.91. The summed E-state index contributed by atoms with van der Waals surface area (Å²) in [6.45, 7) is 3.16. The molecule has 0 amide bonds. The van der Waals surface area contributed by atoms with E-state index in [1.165, 1.54) is 13.0 Å². The SMILES string of the molecule is Cc1c(N[C@@H](c2nnc(-c3ccc(C#N)cc3)o2)[C@H](C)OS(N)(=O)=O)ccc(C#N)c1Cl. The molecule has 0 saturated heterocycles. The first kappa shape index (κ1) is 23.2. The molecule has 3 rings (SSSR count). The fourth-order valence-corrected chi connectivity index (χ4v) is 3.65. The third kappa shape index (κ3) is 5.22. The Morgan fingerprint density at radius 3 is 2.44 bits per heavy atom. The van der Waals surface area contributed by atoms with E-state index in [1.807, 2.05) is 12.1 Å². The monoisotopic (exact) mass is 472 g/mol. The number of nitriles is 2. The summed E-state index contributed by atoms with van der Waals surface area (Å²) in [6, 6.07) is 12.7. The highest BCUT2D eigenvalue weighted by molar-refractivity contribution is 7.84. The van der Waals surface area contributed by atoms with Crippen LogP contribution in [0.1, 0.15) is 35.5 Å². The summed E-state index contributed by atoms with van der Waals surface area (Å²) in [6.07, 6.45) is -1.05. The molecule has 2 atom stereocenters. The molecule has 1 heterocycles. The number of halogens is 1. The van der Waals surface area contributed by atoms with E-state index in [2.05, 4.69) is 15.5 Å². The minimum atomic E-state index is -4.28. The van der Waals surface area contributed by atoms with Gasteiger partial charge in [-0.25, -0.2) is 5.14 Å². The molecule has 0 spiro atoms. The zero-order valence-corrected chi connectivity index (χ0v) is 18.5. The van der Waals surface area contributed by atoms with Crippen molar-refractivity contribution in [1.82, 2.24) is 10.2 Å². The summed E-state index contributed by atoms with van der Waals surface area (Å²) in [4.78, 5) is 0. The van der Waals surface area contributed by atoms with Crippen molar-refractivity contribution in [3.05, 3.63) is 64.0 Å². The first-order chi connectivity index (χ1) is 15.1. The lowest BCUT2D eigenvalue weighted by Gasteiger charge is -2.23. The van der Waals surface area contributed by atoms with E-state index in [-0.39, 0.29) is 16.8 Å². The normalized spacial score (nSPS) is 13.1. The second-order valence-corrected chi connectivity index (χ2v) is 8.32. The Kier molecular flexibility index (Phi) is 6.77. The van der Waals surface area contributed by atoms with Crippen molar-refractivity contribution in [3.63, 3.8) is 0 Å². The van der Waals surface area contributed by atoms with Gasteiger partial charge in [0.05, 0.1) is 22.2 Å². The lowest BCUT2D eigenvalue weighted by molar-refractivity contribution is 0.192. The van der Waals surface area contributed by atoms with Gasteiger partial charge in [0.1, 0.15) is 18.2 Å². The van der Waals surface area contributed by atoms with Crippen LogP contribution in [0.5, 0.6) is 0 Å². The molecular weight excluding hydrogens is 456 g/mol. The summed E-state index contributed by atoms with van der Waals surface area (Å²) in [5.74, 6) is 0.189. The van der Waals surface area contributed by atoms with Crippen LogP contribution in [-0.2, 0) is 14.5 Å². The highest BCUT2D eigenvalue weighted by Crippen LogP contribution is 2.32. The summed E-state index contributed by atoms with van der Waals surface area (Å²) in [7, 11) is -4.28. The van der Waals surface area contributed by atoms with Gasteiger partial charge in [-0.2, -0.15) is 18.9 Å². The average molecular weight is 473 g/mol. The summed E-state index contributed by atoms with van der Waals surface area (Å²) in [5, 5.41) is 34.5. The molecule has 0 aliphatic heterocycles. The van der Waals surface area contributed by atoms with E-state index in [4.69, 9.17) is 35.9 Å². The van der Waals surface area contributed by atoms with Gasteiger partial charge in [-0.15, -0.1) is 10.2 Å². The van der Waals surface area contributed by atoms with Gasteiger partial charge in [0.2, 0.25) is 11.8 Å². The molecule has 10 nitrogen and oxygen atoms in total. The van der Waals surface area contributed by atoms with Gasteiger partial charge in [-0.1, -0.05) is 11.6 Å². The Hall–Kier alpha value is -3.48. The van der Waals surface area contributed by atoms with Crippen LogP contribution in [0, 0.1) is 29.6 Å². The summed E-state index contributed by atoms with van der Waals surface area (Å²) < 4.78 is 33.7. The van der Waals surface area contributed by atoms with Crippen molar-refractivity contribution in [3.8, 4) is 23.6 Å². The van der Waals surface area contributed by atoms with Crippen LogP contribution < -0.4 is 10.5 Å². The van der Waals surface area contributed by atoms with Crippen molar-refractivity contribution >= 4 is 27.6 Å². The van der Waals surface area contributed by atoms with Crippen LogP contribution in [0.25, 0.3) is 11.5 Å². The van der Waals surface area contributed by atoms with Crippen LogP contribution in [0.3, 0.4) is 0 Å². The predicted molar refractivity (Wildman–Crippen MR) is 115 cm³/mol. The third-order valence-electron chi connectivity index (χ3n) is 4.54. The number of nitrogens with two attached hydrogens (primary N) is 1. The smallest absolute Gasteiger partial charge is 0.333 e. The molecule has 0 saturated carbocycles. The molecule has 1 aromatic heterocycles. The van der Waals surface area contributed by atoms with Crippen LogP contribution in [0.15, 0.2) is 40.8 Å². The maximum absolute atomic E-state index is 11.5. The molecule has 32 heavy (non-hydrogen) atoms.